The van der Waals surface area contributed by atoms with Crippen molar-refractivity contribution in [3.8, 4) is 27.5 Å². The third-order valence-corrected chi connectivity index (χ3v) is 6.10. The standard InChI is InChI=1S/C22H18N4OS/c1-14-21(15-8-9-19-16(10-15)11-20(27)25(19)2)24-22(28-14)17-12-23-26(13-17)18-6-4-3-5-7-18/h3-10,12-13H,11H2,1-2H3. The molecule has 0 N–H and O–H groups in total. The van der Waals surface area contributed by atoms with Crippen molar-refractivity contribution in [3.05, 3.63) is 71.4 Å². The number of likely N-dealkylation sites (N-methyl/N-ethyl adjacent to an activating group) is 1. The van der Waals surface area contributed by atoms with Gasteiger partial charge in [0.05, 0.1) is 24.0 Å². The van der Waals surface area contributed by atoms with Gasteiger partial charge in [-0.3, -0.25) is 4.79 Å². The molecule has 2 aromatic carbocycles. The molecule has 4 aromatic rings. The van der Waals surface area contributed by atoms with E-state index in [-0.39, 0.29) is 5.91 Å². The Balaban J connectivity index is 1.50. The Labute approximate surface area is 166 Å². The second-order valence-electron chi connectivity index (χ2n) is 6.91. The molecular weight excluding hydrogens is 368 g/mol. The molecule has 0 fully saturated rings. The first-order valence-electron chi connectivity index (χ1n) is 9.08. The highest BCUT2D eigenvalue weighted by Crippen LogP contribution is 2.36. The van der Waals surface area contributed by atoms with Gasteiger partial charge in [0.2, 0.25) is 5.91 Å². The number of rotatable bonds is 3. The van der Waals surface area contributed by atoms with Crippen LogP contribution in [0.2, 0.25) is 0 Å². The van der Waals surface area contributed by atoms with E-state index in [0.29, 0.717) is 6.42 Å². The molecule has 1 amide bonds. The summed E-state index contributed by atoms with van der Waals surface area (Å²) in [5, 5.41) is 5.43. The SMILES string of the molecule is Cc1sc(-c2cnn(-c3ccccc3)c2)nc1-c1ccc2c(c1)CC(=O)N2C. The minimum Gasteiger partial charge on any atom is -0.315 e. The Bertz CT molecular complexity index is 1190. The average Bonchev–Trinajstić information content (AvgIpc) is 3.41. The van der Waals surface area contributed by atoms with E-state index in [4.69, 9.17) is 4.98 Å². The Kier molecular flexibility index (Phi) is 3.87. The number of hydrogen-bond acceptors (Lipinski definition) is 4. The fourth-order valence-corrected chi connectivity index (χ4v) is 4.47. The molecule has 0 radical (unpaired) electrons. The van der Waals surface area contributed by atoms with Crippen LogP contribution in [0.25, 0.3) is 27.5 Å². The molecule has 0 spiro atoms. The maximum absolute atomic E-state index is 12.0. The first-order valence-corrected chi connectivity index (χ1v) is 9.89. The van der Waals surface area contributed by atoms with Gasteiger partial charge in [-0.1, -0.05) is 24.3 Å². The summed E-state index contributed by atoms with van der Waals surface area (Å²) in [5.41, 5.74) is 6.10. The van der Waals surface area contributed by atoms with Crippen molar-refractivity contribution in [3.63, 3.8) is 0 Å². The van der Waals surface area contributed by atoms with Crippen LogP contribution < -0.4 is 4.90 Å². The summed E-state index contributed by atoms with van der Waals surface area (Å²) in [7, 11) is 1.82. The summed E-state index contributed by atoms with van der Waals surface area (Å²) in [6, 6.07) is 16.2. The normalized spacial score (nSPS) is 13.2. The molecule has 5 nitrogen and oxygen atoms in total. The smallest absolute Gasteiger partial charge is 0.231 e. The number of aryl methyl sites for hydroxylation is 1. The van der Waals surface area contributed by atoms with Crippen molar-refractivity contribution < 1.29 is 4.79 Å². The van der Waals surface area contributed by atoms with Gasteiger partial charge in [-0.05, 0) is 36.8 Å². The number of thiazole rings is 1. The lowest BCUT2D eigenvalue weighted by atomic mass is 10.1. The summed E-state index contributed by atoms with van der Waals surface area (Å²) in [5.74, 6) is 0.135. The van der Waals surface area contributed by atoms with E-state index >= 15 is 0 Å². The summed E-state index contributed by atoms with van der Waals surface area (Å²) >= 11 is 1.66. The Morgan fingerprint density at radius 3 is 2.71 bits per heavy atom. The minimum atomic E-state index is 0.135. The lowest BCUT2D eigenvalue weighted by molar-refractivity contribution is -0.117. The summed E-state index contributed by atoms with van der Waals surface area (Å²) in [6.45, 7) is 2.09. The summed E-state index contributed by atoms with van der Waals surface area (Å²) in [4.78, 5) is 19.7. The predicted octanol–water partition coefficient (Wildman–Crippen LogP) is 4.49. The predicted molar refractivity (Wildman–Crippen MR) is 112 cm³/mol. The van der Waals surface area contributed by atoms with Crippen molar-refractivity contribution in [2.24, 2.45) is 0 Å². The number of nitrogens with zero attached hydrogens (tertiary/aromatic N) is 4. The van der Waals surface area contributed by atoms with Crippen LogP contribution in [0.4, 0.5) is 5.69 Å². The molecule has 3 heterocycles. The molecule has 0 saturated carbocycles. The number of carbonyl (C=O) groups excluding carboxylic acids is 1. The van der Waals surface area contributed by atoms with Gasteiger partial charge in [0.25, 0.3) is 0 Å². The number of anilines is 1. The average molecular weight is 386 g/mol. The van der Waals surface area contributed by atoms with Gasteiger partial charge in [-0.2, -0.15) is 5.10 Å². The highest BCUT2D eigenvalue weighted by Gasteiger charge is 2.24. The number of amides is 1. The van der Waals surface area contributed by atoms with Crippen LogP contribution in [0, 0.1) is 6.92 Å². The van der Waals surface area contributed by atoms with Crippen molar-refractivity contribution in [2.75, 3.05) is 11.9 Å². The fourth-order valence-electron chi connectivity index (χ4n) is 3.56. The van der Waals surface area contributed by atoms with E-state index in [0.717, 1.165) is 43.6 Å². The van der Waals surface area contributed by atoms with E-state index in [1.54, 1.807) is 16.2 Å². The maximum atomic E-state index is 12.0. The summed E-state index contributed by atoms with van der Waals surface area (Å²) < 4.78 is 1.86. The van der Waals surface area contributed by atoms with E-state index in [1.807, 2.05) is 66.6 Å². The van der Waals surface area contributed by atoms with E-state index in [9.17, 15) is 4.79 Å². The zero-order chi connectivity index (χ0) is 19.3. The van der Waals surface area contributed by atoms with Crippen molar-refractivity contribution in [2.45, 2.75) is 13.3 Å². The Hall–Kier alpha value is -3.25. The third kappa shape index (κ3) is 2.73. The van der Waals surface area contributed by atoms with Crippen LogP contribution in [0.3, 0.4) is 0 Å². The van der Waals surface area contributed by atoms with Gasteiger partial charge in [0, 0.05) is 34.9 Å². The number of fused-ring (bicyclic) bond motifs is 1. The van der Waals surface area contributed by atoms with E-state index in [2.05, 4.69) is 18.1 Å². The molecular formula is C22H18N4OS. The monoisotopic (exact) mass is 386 g/mol. The molecule has 138 valence electrons. The third-order valence-electron chi connectivity index (χ3n) is 5.08. The molecule has 0 bridgehead atoms. The number of hydrogen-bond donors (Lipinski definition) is 0. The highest BCUT2D eigenvalue weighted by atomic mass is 32.1. The Morgan fingerprint density at radius 2 is 1.89 bits per heavy atom. The second-order valence-corrected chi connectivity index (χ2v) is 8.11. The number of benzene rings is 2. The molecule has 2 aromatic heterocycles. The molecule has 5 rings (SSSR count). The van der Waals surface area contributed by atoms with Crippen LogP contribution in [-0.4, -0.2) is 27.7 Å². The maximum Gasteiger partial charge on any atom is 0.231 e. The van der Waals surface area contributed by atoms with Gasteiger partial charge in [-0.15, -0.1) is 11.3 Å². The zero-order valence-electron chi connectivity index (χ0n) is 15.6. The largest absolute Gasteiger partial charge is 0.315 e. The van der Waals surface area contributed by atoms with Crippen molar-refractivity contribution >= 4 is 22.9 Å². The Morgan fingerprint density at radius 1 is 1.07 bits per heavy atom. The van der Waals surface area contributed by atoms with Gasteiger partial charge in [0.15, 0.2) is 0 Å². The molecule has 1 aliphatic rings. The highest BCUT2D eigenvalue weighted by molar-refractivity contribution is 7.15. The lowest BCUT2D eigenvalue weighted by Gasteiger charge is -2.10. The van der Waals surface area contributed by atoms with Crippen molar-refractivity contribution in [1.29, 1.82) is 0 Å². The van der Waals surface area contributed by atoms with Crippen molar-refractivity contribution in [1.82, 2.24) is 14.8 Å². The zero-order valence-corrected chi connectivity index (χ0v) is 16.4. The molecule has 0 aliphatic carbocycles. The minimum absolute atomic E-state index is 0.135. The molecule has 0 unspecified atom stereocenters. The van der Waals surface area contributed by atoms with Gasteiger partial charge in [-0.25, -0.2) is 9.67 Å². The van der Waals surface area contributed by atoms with Gasteiger partial charge < -0.3 is 4.90 Å². The first kappa shape index (κ1) is 16.9. The number of carbonyl (C=O) groups is 1. The van der Waals surface area contributed by atoms with Crippen LogP contribution >= 0.6 is 11.3 Å². The summed E-state index contributed by atoms with van der Waals surface area (Å²) in [6.07, 6.45) is 4.32. The van der Waals surface area contributed by atoms with Crippen LogP contribution in [0.5, 0.6) is 0 Å². The molecule has 1 aliphatic heterocycles. The van der Waals surface area contributed by atoms with Gasteiger partial charge in [0.1, 0.15) is 5.01 Å². The molecule has 0 atom stereocenters. The van der Waals surface area contributed by atoms with E-state index < -0.39 is 0 Å². The first-order chi connectivity index (χ1) is 13.6. The molecule has 0 saturated heterocycles. The second kappa shape index (κ2) is 6.42. The van der Waals surface area contributed by atoms with Crippen LogP contribution in [0.15, 0.2) is 60.9 Å². The van der Waals surface area contributed by atoms with Crippen LogP contribution in [0.1, 0.15) is 10.4 Å². The molecule has 28 heavy (non-hydrogen) atoms. The quantitative estimate of drug-likeness (QED) is 0.521. The topological polar surface area (TPSA) is 51.0 Å². The van der Waals surface area contributed by atoms with Crippen LogP contribution in [-0.2, 0) is 11.2 Å². The van der Waals surface area contributed by atoms with E-state index in [1.165, 1.54) is 0 Å². The van der Waals surface area contributed by atoms with Gasteiger partial charge >= 0.3 is 0 Å². The fraction of sp³-hybridized carbons (Fsp3) is 0.136. The lowest BCUT2D eigenvalue weighted by Crippen LogP contribution is -2.20. The number of aromatic nitrogens is 3. The molecule has 6 heteroatoms. The number of para-hydroxylation sites is 1.